The van der Waals surface area contributed by atoms with Crippen LogP contribution in [0, 0.1) is 0 Å². The van der Waals surface area contributed by atoms with E-state index in [2.05, 4.69) is 36.5 Å². The molecule has 0 saturated heterocycles. The van der Waals surface area contributed by atoms with Crippen LogP contribution in [0.2, 0.25) is 0 Å². The van der Waals surface area contributed by atoms with E-state index in [4.69, 9.17) is 5.73 Å². The molecule has 1 aromatic heterocycles. The van der Waals surface area contributed by atoms with E-state index < -0.39 is 0 Å². The van der Waals surface area contributed by atoms with Crippen molar-refractivity contribution in [3.63, 3.8) is 0 Å². The fourth-order valence-corrected chi connectivity index (χ4v) is 1.93. The highest BCUT2D eigenvalue weighted by atomic mass is 79.9. The van der Waals surface area contributed by atoms with Crippen molar-refractivity contribution in [2.75, 3.05) is 17.2 Å². The van der Waals surface area contributed by atoms with E-state index in [1.807, 2.05) is 44.2 Å². The molecule has 20 heavy (non-hydrogen) atoms. The fourth-order valence-electron chi connectivity index (χ4n) is 1.54. The van der Waals surface area contributed by atoms with Gasteiger partial charge in [-0.25, -0.2) is 9.97 Å². The van der Waals surface area contributed by atoms with Crippen molar-refractivity contribution in [1.82, 2.24) is 9.97 Å². The average molecular weight is 336 g/mol. The van der Waals surface area contributed by atoms with E-state index in [0.29, 0.717) is 6.54 Å². The molecular formula is C14H18BrN5. The molecule has 0 fully saturated rings. The van der Waals surface area contributed by atoms with Crippen molar-refractivity contribution in [1.29, 1.82) is 0 Å². The molecule has 0 saturated carbocycles. The Kier molecular flexibility index (Phi) is 4.57. The molecule has 0 atom stereocenters. The first-order valence-corrected chi connectivity index (χ1v) is 7.10. The molecule has 1 heterocycles. The van der Waals surface area contributed by atoms with Crippen molar-refractivity contribution in [2.24, 2.45) is 5.73 Å². The van der Waals surface area contributed by atoms with Gasteiger partial charge in [0.15, 0.2) is 0 Å². The molecule has 0 aliphatic heterocycles. The number of nitrogens with zero attached hydrogens (tertiary/aromatic N) is 2. The standard InChI is InChI=1S/C14H18BrN5/c1-14(2,16)8-17-12-7-13(19-9-18-12)20-11-6-4-3-5-10(11)15/h3-7,9H,8,16H2,1-2H3,(H2,17,18,19,20). The number of halogens is 1. The van der Waals surface area contributed by atoms with Crippen LogP contribution in [0.4, 0.5) is 17.3 Å². The van der Waals surface area contributed by atoms with Crippen molar-refractivity contribution < 1.29 is 0 Å². The first-order chi connectivity index (χ1) is 9.44. The predicted octanol–water partition coefficient (Wildman–Crippen LogP) is 3.13. The van der Waals surface area contributed by atoms with Crippen LogP contribution in [0.3, 0.4) is 0 Å². The second-order valence-corrected chi connectivity index (χ2v) is 6.09. The highest BCUT2D eigenvalue weighted by Crippen LogP contribution is 2.24. The van der Waals surface area contributed by atoms with E-state index in [-0.39, 0.29) is 5.54 Å². The van der Waals surface area contributed by atoms with Gasteiger partial charge in [0, 0.05) is 22.6 Å². The Hall–Kier alpha value is -1.66. The SMILES string of the molecule is CC(C)(N)CNc1cc(Nc2ccccc2Br)ncn1. The van der Waals surface area contributed by atoms with Crippen molar-refractivity contribution in [3.05, 3.63) is 41.1 Å². The molecule has 0 radical (unpaired) electrons. The highest BCUT2D eigenvalue weighted by molar-refractivity contribution is 9.10. The molecule has 0 bridgehead atoms. The normalized spacial score (nSPS) is 11.2. The maximum Gasteiger partial charge on any atom is 0.135 e. The summed E-state index contributed by atoms with van der Waals surface area (Å²) >= 11 is 3.49. The van der Waals surface area contributed by atoms with Gasteiger partial charge in [-0.05, 0) is 41.9 Å². The lowest BCUT2D eigenvalue weighted by atomic mass is 10.1. The number of hydrogen-bond donors (Lipinski definition) is 3. The summed E-state index contributed by atoms with van der Waals surface area (Å²) in [7, 11) is 0. The molecule has 1 aromatic carbocycles. The van der Waals surface area contributed by atoms with Gasteiger partial charge in [0.05, 0.1) is 5.69 Å². The number of nitrogens with one attached hydrogen (secondary N) is 2. The number of hydrogen-bond acceptors (Lipinski definition) is 5. The minimum atomic E-state index is -0.291. The molecule has 106 valence electrons. The van der Waals surface area contributed by atoms with Crippen LogP contribution in [0.15, 0.2) is 41.1 Å². The van der Waals surface area contributed by atoms with Gasteiger partial charge in [0.1, 0.15) is 18.0 Å². The maximum absolute atomic E-state index is 5.94. The van der Waals surface area contributed by atoms with Gasteiger partial charge in [0.25, 0.3) is 0 Å². The molecule has 4 N–H and O–H groups in total. The van der Waals surface area contributed by atoms with Gasteiger partial charge < -0.3 is 16.4 Å². The van der Waals surface area contributed by atoms with Gasteiger partial charge in [0.2, 0.25) is 0 Å². The zero-order chi connectivity index (χ0) is 14.6. The van der Waals surface area contributed by atoms with Crippen molar-refractivity contribution >= 4 is 33.3 Å². The Labute approximate surface area is 127 Å². The molecule has 2 rings (SSSR count). The van der Waals surface area contributed by atoms with Crippen LogP contribution in [0.25, 0.3) is 0 Å². The molecule has 6 heteroatoms. The summed E-state index contributed by atoms with van der Waals surface area (Å²) < 4.78 is 0.983. The molecule has 0 aliphatic rings. The average Bonchev–Trinajstić information content (AvgIpc) is 2.39. The molecule has 0 amide bonds. The second kappa shape index (κ2) is 6.19. The minimum absolute atomic E-state index is 0.291. The van der Waals surface area contributed by atoms with E-state index in [0.717, 1.165) is 21.8 Å². The lowest BCUT2D eigenvalue weighted by Gasteiger charge is -2.19. The Bertz CT molecular complexity index is 580. The Morgan fingerprint density at radius 1 is 1.20 bits per heavy atom. The largest absolute Gasteiger partial charge is 0.368 e. The third-order valence-corrected chi connectivity index (χ3v) is 3.22. The number of rotatable bonds is 5. The molecule has 5 nitrogen and oxygen atoms in total. The van der Waals surface area contributed by atoms with Crippen LogP contribution >= 0.6 is 15.9 Å². The van der Waals surface area contributed by atoms with Crippen LogP contribution in [-0.4, -0.2) is 22.1 Å². The Balaban J connectivity index is 2.08. The van der Waals surface area contributed by atoms with Gasteiger partial charge in [-0.1, -0.05) is 12.1 Å². The number of nitrogens with two attached hydrogens (primary N) is 1. The van der Waals surface area contributed by atoms with Gasteiger partial charge in [-0.15, -0.1) is 0 Å². The molecule has 0 unspecified atom stereocenters. The Morgan fingerprint density at radius 3 is 2.60 bits per heavy atom. The lowest BCUT2D eigenvalue weighted by molar-refractivity contribution is 0.548. The Morgan fingerprint density at radius 2 is 1.90 bits per heavy atom. The summed E-state index contributed by atoms with van der Waals surface area (Å²) in [6, 6.07) is 9.73. The van der Waals surface area contributed by atoms with Crippen LogP contribution in [-0.2, 0) is 0 Å². The van der Waals surface area contributed by atoms with Crippen molar-refractivity contribution in [3.8, 4) is 0 Å². The summed E-state index contributed by atoms with van der Waals surface area (Å²) in [5.74, 6) is 1.47. The molecule has 0 aliphatic carbocycles. The summed E-state index contributed by atoms with van der Waals surface area (Å²) in [4.78, 5) is 8.38. The third-order valence-electron chi connectivity index (χ3n) is 2.53. The number of benzene rings is 1. The molecule has 0 spiro atoms. The zero-order valence-electron chi connectivity index (χ0n) is 11.5. The number of aromatic nitrogens is 2. The molecular weight excluding hydrogens is 318 g/mol. The summed E-state index contributed by atoms with van der Waals surface area (Å²) in [5.41, 5.74) is 6.60. The van der Waals surface area contributed by atoms with E-state index in [1.54, 1.807) is 0 Å². The van der Waals surface area contributed by atoms with Gasteiger partial charge >= 0.3 is 0 Å². The quantitative estimate of drug-likeness (QED) is 0.782. The first-order valence-electron chi connectivity index (χ1n) is 6.30. The highest BCUT2D eigenvalue weighted by Gasteiger charge is 2.10. The first kappa shape index (κ1) is 14.7. The van der Waals surface area contributed by atoms with Crippen LogP contribution < -0.4 is 16.4 Å². The van der Waals surface area contributed by atoms with Crippen LogP contribution in [0.1, 0.15) is 13.8 Å². The summed E-state index contributed by atoms with van der Waals surface area (Å²) in [6.45, 7) is 4.56. The minimum Gasteiger partial charge on any atom is -0.368 e. The summed E-state index contributed by atoms with van der Waals surface area (Å²) in [6.07, 6.45) is 1.52. The maximum atomic E-state index is 5.94. The van der Waals surface area contributed by atoms with E-state index in [1.165, 1.54) is 6.33 Å². The van der Waals surface area contributed by atoms with Crippen molar-refractivity contribution in [2.45, 2.75) is 19.4 Å². The lowest BCUT2D eigenvalue weighted by Crippen LogP contribution is -2.39. The fraction of sp³-hybridized carbons (Fsp3) is 0.286. The zero-order valence-corrected chi connectivity index (χ0v) is 13.1. The molecule has 2 aromatic rings. The summed E-state index contributed by atoms with van der Waals surface area (Å²) in [5, 5.41) is 6.44. The second-order valence-electron chi connectivity index (χ2n) is 5.24. The number of anilines is 3. The smallest absolute Gasteiger partial charge is 0.135 e. The number of para-hydroxylation sites is 1. The van der Waals surface area contributed by atoms with E-state index in [9.17, 15) is 0 Å². The van der Waals surface area contributed by atoms with E-state index >= 15 is 0 Å². The van der Waals surface area contributed by atoms with Gasteiger partial charge in [-0.2, -0.15) is 0 Å². The predicted molar refractivity (Wildman–Crippen MR) is 86.2 cm³/mol. The third kappa shape index (κ3) is 4.47. The van der Waals surface area contributed by atoms with Gasteiger partial charge in [-0.3, -0.25) is 0 Å². The monoisotopic (exact) mass is 335 g/mol. The topological polar surface area (TPSA) is 75.9 Å². The van der Waals surface area contributed by atoms with Crippen LogP contribution in [0.5, 0.6) is 0 Å².